The van der Waals surface area contributed by atoms with Gasteiger partial charge in [-0.15, -0.1) is 24.0 Å². The number of guanidine groups is 1. The van der Waals surface area contributed by atoms with Gasteiger partial charge in [-0.2, -0.15) is 4.98 Å². The molecule has 2 heterocycles. The van der Waals surface area contributed by atoms with Crippen LogP contribution in [0.3, 0.4) is 0 Å². The van der Waals surface area contributed by atoms with Gasteiger partial charge < -0.3 is 19.7 Å². The summed E-state index contributed by atoms with van der Waals surface area (Å²) in [6.45, 7) is 10.1. The molecule has 168 valence electrons. The third kappa shape index (κ3) is 7.34. The number of hydrogen-bond donors (Lipinski definition) is 2. The highest BCUT2D eigenvalue weighted by Crippen LogP contribution is 2.19. The first-order valence-corrected chi connectivity index (χ1v) is 10.5. The molecule has 3 aromatic rings. The van der Waals surface area contributed by atoms with Gasteiger partial charge in [0.25, 0.3) is 5.89 Å². The van der Waals surface area contributed by atoms with Gasteiger partial charge in [-0.25, -0.2) is 4.99 Å². The molecule has 0 saturated heterocycles. The van der Waals surface area contributed by atoms with E-state index in [1.54, 1.807) is 0 Å². The van der Waals surface area contributed by atoms with Gasteiger partial charge in [0.2, 0.25) is 0 Å². The quantitative estimate of drug-likeness (QED) is 0.232. The number of aliphatic imine (C=N–C) groups is 1. The highest BCUT2D eigenvalue weighted by molar-refractivity contribution is 14.0. The van der Waals surface area contributed by atoms with Crippen molar-refractivity contribution in [2.75, 3.05) is 6.54 Å². The fourth-order valence-corrected chi connectivity index (χ4v) is 2.87. The summed E-state index contributed by atoms with van der Waals surface area (Å²) in [6, 6.07) is 9.98. The molecule has 2 aromatic heterocycles. The van der Waals surface area contributed by atoms with Crippen LogP contribution in [0.5, 0.6) is 0 Å². The summed E-state index contributed by atoms with van der Waals surface area (Å²) in [6.07, 6.45) is 1.80. The Kier molecular flexibility index (Phi) is 9.96. The smallest absolute Gasteiger partial charge is 0.257 e. The predicted molar refractivity (Wildman–Crippen MR) is 131 cm³/mol. The van der Waals surface area contributed by atoms with Crippen LogP contribution in [0.25, 0.3) is 11.5 Å². The molecule has 0 saturated carbocycles. The molecule has 2 N–H and O–H groups in total. The zero-order valence-corrected chi connectivity index (χ0v) is 20.8. The van der Waals surface area contributed by atoms with Crippen molar-refractivity contribution in [1.29, 1.82) is 0 Å². The van der Waals surface area contributed by atoms with Gasteiger partial charge in [-0.1, -0.05) is 43.2 Å². The van der Waals surface area contributed by atoms with Crippen molar-refractivity contribution in [2.24, 2.45) is 4.99 Å². The third-order valence-corrected chi connectivity index (χ3v) is 4.48. The summed E-state index contributed by atoms with van der Waals surface area (Å²) in [5.41, 5.74) is 2.91. The molecule has 0 amide bonds. The summed E-state index contributed by atoms with van der Waals surface area (Å²) < 4.78 is 10.8. The summed E-state index contributed by atoms with van der Waals surface area (Å²) in [5, 5.41) is 14.7. The van der Waals surface area contributed by atoms with Gasteiger partial charge in [0, 0.05) is 24.6 Å². The minimum Gasteiger partial charge on any atom is -0.359 e. The Labute approximate surface area is 200 Å². The lowest BCUT2D eigenvalue weighted by molar-refractivity contribution is 0.372. The number of rotatable bonds is 9. The van der Waals surface area contributed by atoms with Crippen LogP contribution in [-0.2, 0) is 19.5 Å². The predicted octanol–water partition coefficient (Wildman–Crippen LogP) is 4.67. The van der Waals surface area contributed by atoms with E-state index in [1.165, 1.54) is 0 Å². The molecule has 0 fully saturated rings. The van der Waals surface area contributed by atoms with E-state index in [0.717, 1.165) is 47.8 Å². The SMILES string of the molecule is CCCc1noc(-c2cccc(CN=C(NCC)NCc3cc(C(C)C)no3)c2)n1.I. The van der Waals surface area contributed by atoms with Crippen LogP contribution in [0.15, 0.2) is 44.4 Å². The Morgan fingerprint density at radius 2 is 1.94 bits per heavy atom. The lowest BCUT2D eigenvalue weighted by atomic mass is 10.1. The van der Waals surface area contributed by atoms with Crippen molar-refractivity contribution in [3.05, 3.63) is 53.2 Å². The van der Waals surface area contributed by atoms with Crippen molar-refractivity contribution < 1.29 is 9.05 Å². The Morgan fingerprint density at radius 3 is 2.65 bits per heavy atom. The minimum absolute atomic E-state index is 0. The number of nitrogens with zero attached hydrogens (tertiary/aromatic N) is 4. The number of hydrogen-bond acceptors (Lipinski definition) is 6. The van der Waals surface area contributed by atoms with E-state index in [0.29, 0.717) is 30.9 Å². The van der Waals surface area contributed by atoms with E-state index in [-0.39, 0.29) is 24.0 Å². The zero-order valence-electron chi connectivity index (χ0n) is 18.5. The van der Waals surface area contributed by atoms with E-state index < -0.39 is 0 Å². The second kappa shape index (κ2) is 12.4. The molecule has 8 nitrogen and oxygen atoms in total. The normalized spacial score (nSPS) is 11.5. The molecule has 3 rings (SSSR count). The number of nitrogens with one attached hydrogen (secondary N) is 2. The molecule has 31 heavy (non-hydrogen) atoms. The summed E-state index contributed by atoms with van der Waals surface area (Å²) in [7, 11) is 0. The molecule has 0 atom stereocenters. The lowest BCUT2D eigenvalue weighted by Crippen LogP contribution is -2.36. The Hall–Kier alpha value is -2.43. The second-order valence-corrected chi connectivity index (χ2v) is 7.39. The van der Waals surface area contributed by atoms with Crippen molar-refractivity contribution in [2.45, 2.75) is 59.5 Å². The number of benzene rings is 1. The van der Waals surface area contributed by atoms with Gasteiger partial charge in [0.15, 0.2) is 17.5 Å². The Balaban J connectivity index is 0.00000341. The van der Waals surface area contributed by atoms with Gasteiger partial charge >= 0.3 is 0 Å². The van der Waals surface area contributed by atoms with Crippen LogP contribution in [0.1, 0.15) is 62.9 Å². The highest BCUT2D eigenvalue weighted by atomic mass is 127. The molecular formula is C22H31IN6O2. The largest absolute Gasteiger partial charge is 0.359 e. The molecule has 0 aliphatic rings. The third-order valence-electron chi connectivity index (χ3n) is 4.48. The molecule has 0 spiro atoms. The first kappa shape index (κ1) is 24.8. The van der Waals surface area contributed by atoms with Crippen LogP contribution in [0.2, 0.25) is 0 Å². The fraction of sp³-hybridized carbons (Fsp3) is 0.455. The number of halogens is 1. The molecule has 0 aliphatic carbocycles. The average molecular weight is 538 g/mol. The van der Waals surface area contributed by atoms with E-state index in [2.05, 4.69) is 51.7 Å². The maximum atomic E-state index is 5.39. The summed E-state index contributed by atoms with van der Waals surface area (Å²) in [4.78, 5) is 9.13. The van der Waals surface area contributed by atoms with Gasteiger partial charge in [0.05, 0.1) is 18.8 Å². The van der Waals surface area contributed by atoms with Crippen molar-refractivity contribution >= 4 is 29.9 Å². The maximum Gasteiger partial charge on any atom is 0.257 e. The van der Waals surface area contributed by atoms with Gasteiger partial charge in [-0.05, 0) is 37.0 Å². The topological polar surface area (TPSA) is 101 Å². The standard InChI is InChI=1S/C22H30N6O2.HI/c1-5-8-20-26-21(30-28-20)17-10-7-9-16(11-17)13-24-22(23-6-2)25-14-18-12-19(15(3)4)27-29-18;/h7,9-12,15H,5-6,8,13-14H2,1-4H3,(H2,23,24,25);1H. The van der Waals surface area contributed by atoms with Crippen LogP contribution in [0, 0.1) is 0 Å². The fourth-order valence-electron chi connectivity index (χ4n) is 2.87. The van der Waals surface area contributed by atoms with Crippen LogP contribution in [0.4, 0.5) is 0 Å². The highest BCUT2D eigenvalue weighted by Gasteiger charge is 2.10. The summed E-state index contributed by atoms with van der Waals surface area (Å²) >= 11 is 0. The Bertz CT molecular complexity index is 966. The number of aryl methyl sites for hydroxylation is 1. The molecule has 0 aliphatic heterocycles. The van der Waals surface area contributed by atoms with Crippen LogP contribution < -0.4 is 10.6 Å². The van der Waals surface area contributed by atoms with Crippen LogP contribution in [-0.4, -0.2) is 27.8 Å². The molecule has 1 aromatic carbocycles. The molecule has 0 bridgehead atoms. The second-order valence-electron chi connectivity index (χ2n) is 7.39. The first-order chi connectivity index (χ1) is 14.6. The molecule has 9 heteroatoms. The monoisotopic (exact) mass is 538 g/mol. The van der Waals surface area contributed by atoms with Gasteiger partial charge in [-0.3, -0.25) is 0 Å². The van der Waals surface area contributed by atoms with Gasteiger partial charge in [0.1, 0.15) is 0 Å². The van der Waals surface area contributed by atoms with E-state index >= 15 is 0 Å². The maximum absolute atomic E-state index is 5.39. The van der Waals surface area contributed by atoms with Crippen molar-refractivity contribution in [3.8, 4) is 11.5 Å². The molecule has 0 radical (unpaired) electrons. The lowest BCUT2D eigenvalue weighted by Gasteiger charge is -2.10. The van der Waals surface area contributed by atoms with E-state index in [9.17, 15) is 0 Å². The van der Waals surface area contributed by atoms with Crippen LogP contribution >= 0.6 is 24.0 Å². The first-order valence-electron chi connectivity index (χ1n) is 10.5. The Morgan fingerprint density at radius 1 is 1.10 bits per heavy atom. The van der Waals surface area contributed by atoms with Crippen molar-refractivity contribution in [1.82, 2.24) is 25.9 Å². The molecular weight excluding hydrogens is 507 g/mol. The number of aromatic nitrogens is 3. The molecule has 0 unspecified atom stereocenters. The van der Waals surface area contributed by atoms with Crippen molar-refractivity contribution in [3.63, 3.8) is 0 Å². The van der Waals surface area contributed by atoms with E-state index in [1.807, 2.05) is 37.3 Å². The van der Waals surface area contributed by atoms with E-state index in [4.69, 9.17) is 9.05 Å². The summed E-state index contributed by atoms with van der Waals surface area (Å²) in [5.74, 6) is 3.12. The zero-order chi connectivity index (χ0) is 21.3. The minimum atomic E-state index is 0. The average Bonchev–Trinajstić information content (AvgIpc) is 3.40.